The minimum atomic E-state index is -0.290. The van der Waals surface area contributed by atoms with Crippen LogP contribution in [0.1, 0.15) is 18.1 Å². The topological polar surface area (TPSA) is 26.3 Å². The van der Waals surface area contributed by atoms with E-state index in [2.05, 4.69) is 34.1 Å². The molecule has 94 valence electrons. The zero-order chi connectivity index (χ0) is 13.1. The van der Waals surface area contributed by atoms with E-state index < -0.39 is 0 Å². The van der Waals surface area contributed by atoms with E-state index in [4.69, 9.17) is 4.74 Å². The molecule has 2 rings (SSSR count). The lowest BCUT2D eigenvalue weighted by Gasteiger charge is -2.04. The molecule has 1 aromatic carbocycles. The van der Waals surface area contributed by atoms with Gasteiger partial charge in [-0.15, -0.1) is 11.3 Å². The number of fused-ring (bicyclic) bond motifs is 1. The van der Waals surface area contributed by atoms with Gasteiger partial charge in [-0.1, -0.05) is 28.1 Å². The number of alkyl halides is 1. The molecule has 0 unspecified atom stereocenters. The van der Waals surface area contributed by atoms with Gasteiger partial charge in [-0.2, -0.15) is 0 Å². The molecular formula is C14H13BrO2S. The highest BCUT2D eigenvalue weighted by molar-refractivity contribution is 9.08. The van der Waals surface area contributed by atoms with Crippen molar-refractivity contribution in [1.29, 1.82) is 0 Å². The van der Waals surface area contributed by atoms with Gasteiger partial charge in [0.05, 0.1) is 12.7 Å². The lowest BCUT2D eigenvalue weighted by molar-refractivity contribution is -0.133. The second-order valence-electron chi connectivity index (χ2n) is 3.81. The Bertz CT molecular complexity index is 613. The molecule has 2 nitrogen and oxygen atoms in total. The summed E-state index contributed by atoms with van der Waals surface area (Å²) in [5, 5.41) is 3.92. The maximum atomic E-state index is 11.7. The monoisotopic (exact) mass is 324 g/mol. The van der Waals surface area contributed by atoms with Gasteiger partial charge in [0.25, 0.3) is 0 Å². The third kappa shape index (κ3) is 2.35. The van der Waals surface area contributed by atoms with E-state index in [1.807, 2.05) is 12.3 Å². The molecule has 0 fully saturated rings. The first-order chi connectivity index (χ1) is 8.71. The molecule has 4 heteroatoms. The molecule has 0 spiro atoms. The number of rotatable bonds is 3. The Morgan fingerprint density at radius 2 is 2.28 bits per heavy atom. The molecule has 0 radical (unpaired) electrons. The Balaban J connectivity index is 2.60. The molecule has 0 bridgehead atoms. The molecule has 0 N–H and O–H groups in total. The number of methoxy groups -OCH3 is 1. The Hall–Kier alpha value is -1.13. The molecule has 18 heavy (non-hydrogen) atoms. The summed E-state index contributed by atoms with van der Waals surface area (Å²) in [7, 11) is 1.41. The van der Waals surface area contributed by atoms with Gasteiger partial charge in [0, 0.05) is 26.4 Å². The number of carbonyl (C=O) groups is 1. The molecule has 0 aliphatic heterocycles. The number of halogens is 1. The van der Waals surface area contributed by atoms with Crippen molar-refractivity contribution in [3.05, 3.63) is 40.8 Å². The fourth-order valence-corrected chi connectivity index (χ4v) is 3.15. The summed E-state index contributed by atoms with van der Waals surface area (Å²) >= 11 is 5.09. The Kier molecular flexibility index (Phi) is 4.19. The molecular weight excluding hydrogens is 312 g/mol. The van der Waals surface area contributed by atoms with Crippen molar-refractivity contribution in [3.63, 3.8) is 0 Å². The second kappa shape index (κ2) is 5.67. The number of benzene rings is 1. The summed E-state index contributed by atoms with van der Waals surface area (Å²) in [6, 6.07) is 6.29. The highest BCUT2D eigenvalue weighted by Crippen LogP contribution is 2.32. The summed E-state index contributed by atoms with van der Waals surface area (Å²) < 4.78 is 6.00. The SMILES string of the molecule is CC=C(C(=O)OC)c1csc2ccc(CBr)cc12. The van der Waals surface area contributed by atoms with Crippen molar-refractivity contribution < 1.29 is 9.53 Å². The molecule has 0 amide bonds. The summed E-state index contributed by atoms with van der Waals surface area (Å²) in [5.74, 6) is -0.290. The van der Waals surface area contributed by atoms with Crippen LogP contribution in [-0.4, -0.2) is 13.1 Å². The number of esters is 1. The highest BCUT2D eigenvalue weighted by atomic mass is 79.9. The van der Waals surface area contributed by atoms with E-state index in [0.29, 0.717) is 5.57 Å². The first-order valence-electron chi connectivity index (χ1n) is 5.52. The number of ether oxygens (including phenoxy) is 1. The number of hydrogen-bond donors (Lipinski definition) is 0. The van der Waals surface area contributed by atoms with Crippen LogP contribution in [0.2, 0.25) is 0 Å². The van der Waals surface area contributed by atoms with Gasteiger partial charge in [-0.3, -0.25) is 0 Å². The van der Waals surface area contributed by atoms with Crippen LogP contribution in [0, 0.1) is 0 Å². The van der Waals surface area contributed by atoms with Gasteiger partial charge >= 0.3 is 5.97 Å². The molecule has 1 heterocycles. The van der Waals surface area contributed by atoms with E-state index in [1.54, 1.807) is 17.4 Å². The summed E-state index contributed by atoms with van der Waals surface area (Å²) in [6.07, 6.45) is 1.80. The average Bonchev–Trinajstić information content (AvgIpc) is 2.82. The van der Waals surface area contributed by atoms with Crippen LogP contribution in [0.15, 0.2) is 29.7 Å². The number of allylic oxidation sites excluding steroid dienone is 1. The van der Waals surface area contributed by atoms with Gasteiger partial charge in [-0.05, 0) is 24.6 Å². The lowest BCUT2D eigenvalue weighted by Crippen LogP contribution is -2.03. The Labute approximate surface area is 118 Å². The molecule has 2 aromatic rings. The number of carbonyl (C=O) groups excluding carboxylic acids is 1. The number of thiophene rings is 1. The van der Waals surface area contributed by atoms with Crippen molar-refractivity contribution in [2.75, 3.05) is 7.11 Å². The van der Waals surface area contributed by atoms with Crippen molar-refractivity contribution in [1.82, 2.24) is 0 Å². The normalized spacial score (nSPS) is 11.8. The third-order valence-corrected chi connectivity index (χ3v) is 4.39. The van der Waals surface area contributed by atoms with E-state index in [9.17, 15) is 4.79 Å². The van der Waals surface area contributed by atoms with E-state index in [-0.39, 0.29) is 5.97 Å². The first kappa shape index (κ1) is 13.3. The standard InChI is InChI=1S/C14H13BrO2S/c1-3-10(14(16)17-2)12-8-18-13-5-4-9(7-15)6-11(12)13/h3-6,8H,7H2,1-2H3. The largest absolute Gasteiger partial charge is 0.465 e. The van der Waals surface area contributed by atoms with Crippen molar-refractivity contribution in [2.45, 2.75) is 12.3 Å². The van der Waals surface area contributed by atoms with Gasteiger partial charge in [0.2, 0.25) is 0 Å². The molecule has 0 aliphatic rings. The van der Waals surface area contributed by atoms with Crippen LogP contribution in [0.5, 0.6) is 0 Å². The van der Waals surface area contributed by atoms with Crippen molar-refractivity contribution in [3.8, 4) is 0 Å². The van der Waals surface area contributed by atoms with Gasteiger partial charge in [0.1, 0.15) is 0 Å². The van der Waals surface area contributed by atoms with E-state index >= 15 is 0 Å². The third-order valence-electron chi connectivity index (χ3n) is 2.78. The Morgan fingerprint density at radius 1 is 1.50 bits per heavy atom. The minimum Gasteiger partial charge on any atom is -0.465 e. The van der Waals surface area contributed by atoms with Crippen LogP contribution >= 0.6 is 27.3 Å². The van der Waals surface area contributed by atoms with Crippen LogP contribution in [-0.2, 0) is 14.9 Å². The quantitative estimate of drug-likeness (QED) is 0.476. The fraction of sp³-hybridized carbons (Fsp3) is 0.214. The van der Waals surface area contributed by atoms with Crippen LogP contribution in [0.25, 0.3) is 15.7 Å². The van der Waals surface area contributed by atoms with Crippen LogP contribution in [0.4, 0.5) is 0 Å². The van der Waals surface area contributed by atoms with Crippen LogP contribution in [0.3, 0.4) is 0 Å². The van der Waals surface area contributed by atoms with Crippen LogP contribution < -0.4 is 0 Å². The maximum absolute atomic E-state index is 11.7. The molecule has 0 saturated heterocycles. The average molecular weight is 325 g/mol. The molecule has 0 atom stereocenters. The first-order valence-corrected chi connectivity index (χ1v) is 7.52. The summed E-state index contributed by atoms with van der Waals surface area (Å²) in [6.45, 7) is 1.85. The summed E-state index contributed by atoms with van der Waals surface area (Å²) in [4.78, 5) is 11.7. The van der Waals surface area contributed by atoms with Crippen molar-refractivity contribution >= 4 is 48.9 Å². The van der Waals surface area contributed by atoms with E-state index in [1.165, 1.54) is 17.4 Å². The summed E-state index contributed by atoms with van der Waals surface area (Å²) in [5.41, 5.74) is 2.77. The predicted molar refractivity (Wildman–Crippen MR) is 80.1 cm³/mol. The second-order valence-corrected chi connectivity index (χ2v) is 5.28. The lowest BCUT2D eigenvalue weighted by atomic mass is 10.0. The maximum Gasteiger partial charge on any atom is 0.338 e. The molecule has 0 saturated carbocycles. The molecule has 0 aliphatic carbocycles. The zero-order valence-corrected chi connectivity index (χ0v) is 12.6. The number of hydrogen-bond acceptors (Lipinski definition) is 3. The van der Waals surface area contributed by atoms with E-state index in [0.717, 1.165) is 16.3 Å². The van der Waals surface area contributed by atoms with Gasteiger partial charge in [-0.25, -0.2) is 4.79 Å². The minimum absolute atomic E-state index is 0.290. The Morgan fingerprint density at radius 3 is 2.89 bits per heavy atom. The zero-order valence-electron chi connectivity index (χ0n) is 10.2. The van der Waals surface area contributed by atoms with Gasteiger partial charge < -0.3 is 4.74 Å². The molecule has 1 aromatic heterocycles. The van der Waals surface area contributed by atoms with Gasteiger partial charge in [0.15, 0.2) is 0 Å². The fourth-order valence-electron chi connectivity index (χ4n) is 1.86. The predicted octanol–water partition coefficient (Wildman–Crippen LogP) is 4.37. The van der Waals surface area contributed by atoms with Crippen molar-refractivity contribution in [2.24, 2.45) is 0 Å². The smallest absolute Gasteiger partial charge is 0.338 e. The highest BCUT2D eigenvalue weighted by Gasteiger charge is 2.15.